The summed E-state index contributed by atoms with van der Waals surface area (Å²) in [5, 5.41) is 11.5. The van der Waals surface area contributed by atoms with E-state index in [4.69, 9.17) is 20.5 Å². The number of hydrogen-bond acceptors (Lipinski definition) is 7. The van der Waals surface area contributed by atoms with Crippen molar-refractivity contribution in [3.8, 4) is 6.07 Å². The number of nitrogens with zero attached hydrogens (tertiary/aromatic N) is 3. The van der Waals surface area contributed by atoms with Crippen LogP contribution in [0.5, 0.6) is 0 Å². The summed E-state index contributed by atoms with van der Waals surface area (Å²) in [6.07, 6.45) is 1.28. The second-order valence-corrected chi connectivity index (χ2v) is 7.21. The van der Waals surface area contributed by atoms with Crippen LogP contribution in [0.15, 0.2) is 35.5 Å². The van der Waals surface area contributed by atoms with Gasteiger partial charge in [-0.1, -0.05) is 0 Å². The maximum Gasteiger partial charge on any atom is 0.283 e. The van der Waals surface area contributed by atoms with Crippen molar-refractivity contribution in [1.82, 2.24) is 4.98 Å². The number of pyridine rings is 1. The van der Waals surface area contributed by atoms with E-state index in [2.05, 4.69) is 15.3 Å². The number of benzene rings is 1. The number of ether oxygens (including phenoxy) is 2. The summed E-state index contributed by atoms with van der Waals surface area (Å²) in [4.78, 5) is 20.7. The van der Waals surface area contributed by atoms with Crippen molar-refractivity contribution in [1.29, 1.82) is 5.26 Å². The van der Waals surface area contributed by atoms with Crippen molar-refractivity contribution in [3.63, 3.8) is 0 Å². The molecule has 1 fully saturated rings. The van der Waals surface area contributed by atoms with Crippen LogP contribution in [0, 0.1) is 24.1 Å². The minimum Gasteiger partial charge on any atom is -0.462 e. The number of hydrogen-bond donors (Lipinski definition) is 2. The van der Waals surface area contributed by atoms with Gasteiger partial charge in [-0.2, -0.15) is 5.26 Å². The summed E-state index contributed by atoms with van der Waals surface area (Å²) in [5.41, 5.74) is 2.86. The van der Waals surface area contributed by atoms with Crippen molar-refractivity contribution in [2.45, 2.75) is 18.1 Å². The number of anilines is 1. The van der Waals surface area contributed by atoms with Crippen molar-refractivity contribution < 1.29 is 23.0 Å². The van der Waals surface area contributed by atoms with Crippen LogP contribution in [0.4, 0.5) is 14.5 Å². The summed E-state index contributed by atoms with van der Waals surface area (Å²) in [5.74, 6) is -1.28. The molecule has 1 aromatic carbocycles. The third-order valence-corrected chi connectivity index (χ3v) is 5.23. The van der Waals surface area contributed by atoms with Crippen LogP contribution in [0.2, 0.25) is 0 Å². The van der Waals surface area contributed by atoms with E-state index in [-0.39, 0.29) is 48.6 Å². The molecule has 0 bridgehead atoms. The van der Waals surface area contributed by atoms with Crippen LogP contribution in [0.25, 0.3) is 0 Å². The monoisotopic (exact) mass is 449 g/mol. The lowest BCUT2D eigenvalue weighted by Gasteiger charge is -2.38. The fourth-order valence-electron chi connectivity index (χ4n) is 3.67. The molecule has 8 nitrogen and oxygen atoms in total. The van der Waals surface area contributed by atoms with Gasteiger partial charge in [-0.3, -0.25) is 4.79 Å². The molecule has 4 rings (SSSR count). The molecule has 11 heteroatoms. The van der Waals surface area contributed by atoms with Crippen LogP contribution < -0.4 is 11.1 Å². The average Bonchev–Trinajstić information content (AvgIpc) is 3.06. The minimum atomic E-state index is -2.11. The zero-order valence-corrected chi connectivity index (χ0v) is 17.1. The highest BCUT2D eigenvalue weighted by Crippen LogP contribution is 2.48. The molecule has 0 radical (unpaired) electrons. The minimum absolute atomic E-state index is 0. The van der Waals surface area contributed by atoms with Crippen molar-refractivity contribution in [2.75, 3.05) is 25.1 Å². The topological polar surface area (TPSA) is 123 Å². The number of carbonyl (C=O) groups is 1. The molecule has 1 aromatic heterocycles. The number of halogens is 3. The highest BCUT2D eigenvalue weighted by molar-refractivity contribution is 6.03. The maximum absolute atomic E-state index is 15.5. The normalized spacial score (nSPS) is 24.1. The zero-order chi connectivity index (χ0) is 21.5. The summed E-state index contributed by atoms with van der Waals surface area (Å²) in [7, 11) is 0. The number of nitrogens with two attached hydrogens (primary N) is 1. The Morgan fingerprint density at radius 2 is 2.10 bits per heavy atom. The molecular weight excluding hydrogens is 432 g/mol. The highest BCUT2D eigenvalue weighted by Gasteiger charge is 2.62. The Hall–Kier alpha value is -3.29. The van der Waals surface area contributed by atoms with Crippen molar-refractivity contribution >= 4 is 30.0 Å². The van der Waals surface area contributed by atoms with Crippen molar-refractivity contribution in [3.05, 3.63) is 58.7 Å². The van der Waals surface area contributed by atoms with Crippen LogP contribution >= 0.6 is 12.4 Å². The molecule has 31 heavy (non-hydrogen) atoms. The van der Waals surface area contributed by atoms with Gasteiger partial charge in [0, 0.05) is 17.4 Å². The Bertz CT molecular complexity index is 1120. The number of amides is 1. The fraction of sp³-hybridized carbons (Fsp3) is 0.300. The number of alkyl halides is 1. The largest absolute Gasteiger partial charge is 0.462 e. The fourth-order valence-corrected chi connectivity index (χ4v) is 3.67. The molecule has 3 heterocycles. The SMILES string of the molecule is Cc1cc(C#N)cnc1C(=O)Nc1ccc(F)c(C23COCC2(F)COC(N)=N3)c1.Cl. The van der Waals surface area contributed by atoms with Crippen LogP contribution in [-0.4, -0.2) is 42.4 Å². The lowest BCUT2D eigenvalue weighted by atomic mass is 9.78. The smallest absolute Gasteiger partial charge is 0.283 e. The van der Waals surface area contributed by atoms with E-state index in [1.807, 2.05) is 6.07 Å². The van der Waals surface area contributed by atoms with Gasteiger partial charge >= 0.3 is 0 Å². The summed E-state index contributed by atoms with van der Waals surface area (Å²) >= 11 is 0. The van der Waals surface area contributed by atoms with E-state index in [0.29, 0.717) is 11.1 Å². The molecule has 0 spiro atoms. The van der Waals surface area contributed by atoms with Gasteiger partial charge in [0.2, 0.25) is 0 Å². The Kier molecular flexibility index (Phi) is 5.85. The van der Waals surface area contributed by atoms with E-state index in [9.17, 15) is 9.18 Å². The molecule has 1 amide bonds. The number of fused-ring (bicyclic) bond motifs is 1. The Morgan fingerprint density at radius 3 is 2.81 bits per heavy atom. The van der Waals surface area contributed by atoms with Gasteiger partial charge in [-0.05, 0) is 36.8 Å². The quantitative estimate of drug-likeness (QED) is 0.741. The standard InChI is InChI=1S/C20H17F2N5O3.ClH/c1-11-4-12(6-23)7-25-16(11)17(28)26-13-2-3-15(21)14(5-13)20-10-29-8-19(20,22)9-30-18(24)27-20;/h2-5,7H,8-10H2,1H3,(H2,24,27)(H,26,28);1H. The second-order valence-electron chi connectivity index (χ2n) is 7.21. The number of aromatic nitrogens is 1. The second kappa shape index (κ2) is 8.09. The van der Waals surface area contributed by atoms with Gasteiger partial charge in [0.05, 0.1) is 18.8 Å². The third-order valence-electron chi connectivity index (χ3n) is 5.23. The first-order valence-corrected chi connectivity index (χ1v) is 9.01. The Balaban J connectivity index is 0.00000272. The van der Waals surface area contributed by atoms with Gasteiger partial charge in [-0.15, -0.1) is 12.4 Å². The molecule has 2 atom stereocenters. The van der Waals surface area contributed by atoms with Gasteiger partial charge in [-0.25, -0.2) is 18.8 Å². The molecule has 2 aromatic rings. The number of nitrogens with one attached hydrogen (secondary N) is 1. The average molecular weight is 450 g/mol. The van der Waals surface area contributed by atoms with E-state index in [0.717, 1.165) is 6.07 Å². The van der Waals surface area contributed by atoms with E-state index >= 15 is 4.39 Å². The third kappa shape index (κ3) is 3.66. The van der Waals surface area contributed by atoms with Crippen LogP contribution in [0.3, 0.4) is 0 Å². The number of nitriles is 1. The zero-order valence-electron chi connectivity index (χ0n) is 16.3. The lowest BCUT2D eigenvalue weighted by Crippen LogP contribution is -2.55. The summed E-state index contributed by atoms with van der Waals surface area (Å²) in [6.45, 7) is 0.670. The number of carbonyl (C=O) groups excluding carboxylic acids is 1. The molecule has 162 valence electrons. The molecule has 3 N–H and O–H groups in total. The maximum atomic E-state index is 15.5. The molecule has 2 unspecified atom stereocenters. The molecule has 0 aliphatic carbocycles. The van der Waals surface area contributed by atoms with Crippen LogP contribution in [0.1, 0.15) is 27.2 Å². The molecule has 0 saturated carbocycles. The Morgan fingerprint density at radius 1 is 1.32 bits per heavy atom. The van der Waals surface area contributed by atoms with Gasteiger partial charge in [0.25, 0.3) is 11.9 Å². The molecular formula is C20H18ClF2N5O3. The van der Waals surface area contributed by atoms with Gasteiger partial charge < -0.3 is 20.5 Å². The van der Waals surface area contributed by atoms with E-state index < -0.39 is 29.5 Å². The number of aryl methyl sites for hydroxylation is 1. The molecule has 2 aliphatic heterocycles. The summed E-state index contributed by atoms with van der Waals surface area (Å²) < 4.78 is 40.6. The number of amidine groups is 1. The lowest BCUT2D eigenvalue weighted by molar-refractivity contribution is 0.00905. The first kappa shape index (κ1) is 22.4. The number of rotatable bonds is 3. The highest BCUT2D eigenvalue weighted by atomic mass is 35.5. The predicted octanol–water partition coefficient (Wildman–Crippen LogP) is 2.35. The predicted molar refractivity (Wildman–Crippen MR) is 109 cm³/mol. The first-order valence-electron chi connectivity index (χ1n) is 9.01. The summed E-state index contributed by atoms with van der Waals surface area (Å²) in [6, 6.07) is 6.97. The Labute approximate surface area is 182 Å². The van der Waals surface area contributed by atoms with Crippen molar-refractivity contribution in [2.24, 2.45) is 10.7 Å². The van der Waals surface area contributed by atoms with E-state index in [1.54, 1.807) is 6.92 Å². The van der Waals surface area contributed by atoms with Gasteiger partial charge in [0.15, 0.2) is 11.2 Å². The van der Waals surface area contributed by atoms with Gasteiger partial charge in [0.1, 0.15) is 24.2 Å². The van der Waals surface area contributed by atoms with E-state index in [1.165, 1.54) is 24.4 Å². The molecule has 2 aliphatic rings. The molecule has 1 saturated heterocycles. The number of aliphatic imine (C=N–C) groups is 1. The van der Waals surface area contributed by atoms with Crippen LogP contribution in [-0.2, 0) is 15.0 Å². The first-order chi connectivity index (χ1) is 14.3.